The van der Waals surface area contributed by atoms with Crippen molar-refractivity contribution in [3.63, 3.8) is 0 Å². The SMILES string of the molecule is Clc1cccc(-c2csc(=NCc3ccccc3)n2CCc2c[nH]c3ccccc23)c1. The number of benzene rings is 3. The normalized spacial score (nSPS) is 12.0. The number of H-pyrrole nitrogens is 1. The molecular weight excluding hydrogens is 422 g/mol. The fourth-order valence-corrected chi connectivity index (χ4v) is 4.99. The van der Waals surface area contributed by atoms with Gasteiger partial charge < -0.3 is 9.55 Å². The van der Waals surface area contributed by atoms with Crippen LogP contribution in [0.1, 0.15) is 11.1 Å². The summed E-state index contributed by atoms with van der Waals surface area (Å²) in [6.07, 6.45) is 3.05. The zero-order chi connectivity index (χ0) is 21.0. The predicted molar refractivity (Wildman–Crippen MR) is 130 cm³/mol. The zero-order valence-corrected chi connectivity index (χ0v) is 18.5. The van der Waals surface area contributed by atoms with Gasteiger partial charge in [-0.1, -0.05) is 72.3 Å². The fraction of sp³-hybridized carbons (Fsp3) is 0.115. The molecule has 3 nitrogen and oxygen atoms in total. The monoisotopic (exact) mass is 443 g/mol. The maximum absolute atomic E-state index is 6.29. The number of nitrogens with one attached hydrogen (secondary N) is 1. The summed E-state index contributed by atoms with van der Waals surface area (Å²) in [7, 11) is 0. The van der Waals surface area contributed by atoms with E-state index < -0.39 is 0 Å². The summed E-state index contributed by atoms with van der Waals surface area (Å²) < 4.78 is 2.32. The summed E-state index contributed by atoms with van der Waals surface area (Å²) >= 11 is 7.97. The fourth-order valence-electron chi connectivity index (χ4n) is 3.86. The average Bonchev–Trinajstić information content (AvgIpc) is 3.41. The molecule has 0 fully saturated rings. The summed E-state index contributed by atoms with van der Waals surface area (Å²) in [5.74, 6) is 0. The van der Waals surface area contributed by atoms with Crippen LogP contribution in [0.15, 0.2) is 95.4 Å². The van der Waals surface area contributed by atoms with Crippen LogP contribution in [0.4, 0.5) is 0 Å². The van der Waals surface area contributed by atoms with Gasteiger partial charge in [0, 0.05) is 39.6 Å². The van der Waals surface area contributed by atoms with Crippen LogP contribution in [0, 0.1) is 0 Å². The molecule has 2 aromatic heterocycles. The first-order valence-corrected chi connectivity index (χ1v) is 11.6. The Morgan fingerprint density at radius 1 is 0.935 bits per heavy atom. The molecule has 31 heavy (non-hydrogen) atoms. The molecule has 1 N–H and O–H groups in total. The van der Waals surface area contributed by atoms with Crippen molar-refractivity contribution in [1.82, 2.24) is 9.55 Å². The van der Waals surface area contributed by atoms with E-state index in [1.54, 1.807) is 11.3 Å². The molecule has 5 rings (SSSR count). The lowest BCUT2D eigenvalue weighted by Crippen LogP contribution is -2.18. The van der Waals surface area contributed by atoms with E-state index in [1.807, 2.05) is 24.3 Å². The standard InChI is InChI=1S/C26H22ClN3S/c27-22-10-6-9-20(15-22)25-18-31-26(29-16-19-7-2-1-3-8-19)30(25)14-13-21-17-28-24-12-5-4-11-23(21)24/h1-12,15,17-18,28H,13-14,16H2. The van der Waals surface area contributed by atoms with Gasteiger partial charge in [0.15, 0.2) is 4.80 Å². The van der Waals surface area contributed by atoms with Gasteiger partial charge in [0.05, 0.1) is 12.2 Å². The van der Waals surface area contributed by atoms with Crippen molar-refractivity contribution in [2.24, 2.45) is 4.99 Å². The van der Waals surface area contributed by atoms with Gasteiger partial charge in [0.2, 0.25) is 0 Å². The van der Waals surface area contributed by atoms with E-state index >= 15 is 0 Å². The Labute approximate surface area is 190 Å². The third-order valence-corrected chi connectivity index (χ3v) is 6.57. The number of para-hydroxylation sites is 1. The van der Waals surface area contributed by atoms with E-state index in [-0.39, 0.29) is 0 Å². The van der Waals surface area contributed by atoms with Gasteiger partial charge in [-0.15, -0.1) is 11.3 Å². The first-order chi connectivity index (χ1) is 15.3. The number of halogens is 1. The molecule has 3 aromatic carbocycles. The highest BCUT2D eigenvalue weighted by Crippen LogP contribution is 2.25. The maximum atomic E-state index is 6.29. The minimum absolute atomic E-state index is 0.670. The molecule has 0 saturated carbocycles. The average molecular weight is 444 g/mol. The Morgan fingerprint density at radius 3 is 2.65 bits per heavy atom. The predicted octanol–water partition coefficient (Wildman–Crippen LogP) is 6.69. The second-order valence-electron chi connectivity index (χ2n) is 7.48. The van der Waals surface area contributed by atoms with Crippen LogP contribution in [0.3, 0.4) is 0 Å². The molecule has 0 radical (unpaired) electrons. The molecule has 0 aliphatic rings. The van der Waals surface area contributed by atoms with Gasteiger partial charge in [-0.25, -0.2) is 0 Å². The minimum Gasteiger partial charge on any atom is -0.361 e. The number of thiazole rings is 1. The lowest BCUT2D eigenvalue weighted by Gasteiger charge is -2.10. The lowest BCUT2D eigenvalue weighted by atomic mass is 10.1. The second-order valence-corrected chi connectivity index (χ2v) is 8.75. The summed E-state index contributed by atoms with van der Waals surface area (Å²) in [5.41, 5.74) is 5.98. The highest BCUT2D eigenvalue weighted by atomic mass is 35.5. The molecular formula is C26H22ClN3S. The van der Waals surface area contributed by atoms with Crippen LogP contribution >= 0.6 is 22.9 Å². The summed E-state index contributed by atoms with van der Waals surface area (Å²) in [6.45, 7) is 1.52. The van der Waals surface area contributed by atoms with Gasteiger partial charge in [-0.05, 0) is 35.7 Å². The molecule has 0 atom stereocenters. The molecule has 0 amide bonds. The quantitative estimate of drug-likeness (QED) is 0.303. The van der Waals surface area contributed by atoms with Crippen molar-refractivity contribution in [3.05, 3.63) is 111 Å². The molecule has 2 heterocycles. The van der Waals surface area contributed by atoms with Crippen molar-refractivity contribution in [3.8, 4) is 11.3 Å². The number of fused-ring (bicyclic) bond motifs is 1. The van der Waals surface area contributed by atoms with Gasteiger partial charge in [0.25, 0.3) is 0 Å². The topological polar surface area (TPSA) is 33.1 Å². The number of rotatable bonds is 6. The van der Waals surface area contributed by atoms with Crippen molar-refractivity contribution in [1.29, 1.82) is 0 Å². The maximum Gasteiger partial charge on any atom is 0.185 e. The number of hydrogen-bond donors (Lipinski definition) is 1. The van der Waals surface area contributed by atoms with Crippen molar-refractivity contribution >= 4 is 33.8 Å². The Hall–Kier alpha value is -3.08. The summed E-state index contributed by atoms with van der Waals surface area (Å²) in [4.78, 5) is 9.36. The summed E-state index contributed by atoms with van der Waals surface area (Å²) in [5, 5.41) is 4.21. The lowest BCUT2D eigenvalue weighted by molar-refractivity contribution is 0.677. The molecule has 154 valence electrons. The van der Waals surface area contributed by atoms with Crippen LogP contribution in [-0.4, -0.2) is 9.55 Å². The Morgan fingerprint density at radius 2 is 1.77 bits per heavy atom. The zero-order valence-electron chi connectivity index (χ0n) is 17.0. The minimum atomic E-state index is 0.670. The molecule has 0 saturated heterocycles. The number of hydrogen-bond acceptors (Lipinski definition) is 2. The molecule has 0 unspecified atom stereocenters. The molecule has 5 aromatic rings. The van der Waals surface area contributed by atoms with Crippen LogP contribution in [0.25, 0.3) is 22.2 Å². The Kier molecular flexibility index (Phi) is 5.74. The Balaban J connectivity index is 1.51. The molecule has 0 aliphatic carbocycles. The van der Waals surface area contributed by atoms with Gasteiger partial charge in [-0.3, -0.25) is 4.99 Å². The van der Waals surface area contributed by atoms with Gasteiger partial charge in [-0.2, -0.15) is 0 Å². The van der Waals surface area contributed by atoms with Crippen LogP contribution in [-0.2, 0) is 19.5 Å². The number of aromatic nitrogens is 2. The van der Waals surface area contributed by atoms with E-state index in [1.165, 1.54) is 22.0 Å². The molecule has 0 bridgehead atoms. The van der Waals surface area contributed by atoms with Crippen molar-refractivity contribution in [2.75, 3.05) is 0 Å². The largest absolute Gasteiger partial charge is 0.361 e. The second kappa shape index (κ2) is 8.96. The molecule has 0 spiro atoms. The molecule has 0 aliphatic heterocycles. The highest BCUT2D eigenvalue weighted by molar-refractivity contribution is 7.07. The molecule has 5 heteroatoms. The first kappa shape index (κ1) is 19.9. The van der Waals surface area contributed by atoms with E-state index in [0.717, 1.165) is 34.0 Å². The van der Waals surface area contributed by atoms with Gasteiger partial charge in [0.1, 0.15) is 0 Å². The van der Waals surface area contributed by atoms with Crippen molar-refractivity contribution in [2.45, 2.75) is 19.5 Å². The van der Waals surface area contributed by atoms with Crippen molar-refractivity contribution < 1.29 is 0 Å². The highest BCUT2D eigenvalue weighted by Gasteiger charge is 2.10. The smallest absolute Gasteiger partial charge is 0.185 e. The van der Waals surface area contributed by atoms with E-state index in [0.29, 0.717) is 6.54 Å². The number of aromatic amines is 1. The summed E-state index contributed by atoms with van der Waals surface area (Å²) in [6, 6.07) is 26.9. The van der Waals surface area contributed by atoms with Gasteiger partial charge >= 0.3 is 0 Å². The van der Waals surface area contributed by atoms with E-state index in [9.17, 15) is 0 Å². The number of aryl methyl sites for hydroxylation is 1. The van der Waals surface area contributed by atoms with E-state index in [4.69, 9.17) is 16.6 Å². The van der Waals surface area contributed by atoms with Crippen LogP contribution in [0.5, 0.6) is 0 Å². The van der Waals surface area contributed by atoms with Crippen LogP contribution in [0.2, 0.25) is 5.02 Å². The third-order valence-electron chi connectivity index (χ3n) is 5.44. The van der Waals surface area contributed by atoms with E-state index in [2.05, 4.69) is 75.7 Å². The first-order valence-electron chi connectivity index (χ1n) is 10.3. The van der Waals surface area contributed by atoms with Crippen LogP contribution < -0.4 is 4.80 Å². The Bertz CT molecular complexity index is 1380. The number of nitrogens with zero attached hydrogens (tertiary/aromatic N) is 2. The third kappa shape index (κ3) is 4.36.